The molecule has 0 aromatic heterocycles. The number of amides is 1. The maximum Gasteiger partial charge on any atom is 0.228 e. The van der Waals surface area contributed by atoms with Crippen LogP contribution in [0.2, 0.25) is 0 Å². The van der Waals surface area contributed by atoms with Gasteiger partial charge >= 0.3 is 0 Å². The smallest absolute Gasteiger partial charge is 0.228 e. The van der Waals surface area contributed by atoms with Crippen LogP contribution in [0.25, 0.3) is 0 Å². The Kier molecular flexibility index (Phi) is 5.11. The monoisotopic (exact) mass is 258 g/mol. The molecule has 1 aromatic rings. The van der Waals surface area contributed by atoms with E-state index in [0.717, 1.165) is 18.5 Å². The third-order valence-corrected chi connectivity index (χ3v) is 2.88. The van der Waals surface area contributed by atoms with Crippen LogP contribution in [0.4, 0.5) is 0 Å². The highest BCUT2D eigenvalue weighted by atomic mass is 16.2. The lowest BCUT2D eigenvalue weighted by molar-refractivity contribution is -0.140. The summed E-state index contributed by atoms with van der Waals surface area (Å²) in [5.41, 5.74) is 1.35. The second-order valence-corrected chi connectivity index (χ2v) is 5.79. The highest BCUT2D eigenvalue weighted by Crippen LogP contribution is 2.19. The van der Waals surface area contributed by atoms with Crippen LogP contribution in [0.3, 0.4) is 0 Å². The zero-order valence-corrected chi connectivity index (χ0v) is 12.2. The SMILES string of the molecule is CCCN(Cc1ccc(C#N)cc1)C(=O)C(C)(C)C. The molecule has 0 spiro atoms. The van der Waals surface area contributed by atoms with Gasteiger partial charge in [0.15, 0.2) is 0 Å². The molecule has 0 radical (unpaired) electrons. The second-order valence-electron chi connectivity index (χ2n) is 5.79. The molecule has 0 unspecified atom stereocenters. The molecule has 0 aliphatic rings. The van der Waals surface area contributed by atoms with Crippen molar-refractivity contribution < 1.29 is 4.79 Å². The second kappa shape index (κ2) is 6.38. The fraction of sp³-hybridized carbons (Fsp3) is 0.500. The third-order valence-electron chi connectivity index (χ3n) is 2.88. The molecule has 0 aliphatic carbocycles. The van der Waals surface area contributed by atoms with Crippen LogP contribution < -0.4 is 0 Å². The normalized spacial score (nSPS) is 10.9. The minimum Gasteiger partial charge on any atom is -0.338 e. The van der Waals surface area contributed by atoms with E-state index in [1.54, 1.807) is 12.1 Å². The average Bonchev–Trinajstić information content (AvgIpc) is 2.37. The van der Waals surface area contributed by atoms with E-state index in [9.17, 15) is 4.79 Å². The molecule has 0 bridgehead atoms. The zero-order chi connectivity index (χ0) is 14.5. The third kappa shape index (κ3) is 4.40. The van der Waals surface area contributed by atoms with Crippen molar-refractivity contribution in [2.24, 2.45) is 5.41 Å². The highest BCUT2D eigenvalue weighted by Gasteiger charge is 2.26. The van der Waals surface area contributed by atoms with E-state index >= 15 is 0 Å². The Morgan fingerprint density at radius 1 is 1.26 bits per heavy atom. The predicted molar refractivity (Wildman–Crippen MR) is 76.3 cm³/mol. The van der Waals surface area contributed by atoms with Gasteiger partial charge in [-0.1, -0.05) is 39.8 Å². The molecular weight excluding hydrogens is 236 g/mol. The highest BCUT2D eigenvalue weighted by molar-refractivity contribution is 5.81. The summed E-state index contributed by atoms with van der Waals surface area (Å²) in [7, 11) is 0. The molecule has 0 N–H and O–H groups in total. The van der Waals surface area contributed by atoms with Crippen LogP contribution in [0.5, 0.6) is 0 Å². The molecule has 0 heterocycles. The van der Waals surface area contributed by atoms with Crippen molar-refractivity contribution in [3.8, 4) is 6.07 Å². The summed E-state index contributed by atoms with van der Waals surface area (Å²) in [5, 5.41) is 8.77. The van der Waals surface area contributed by atoms with Crippen molar-refractivity contribution in [3.63, 3.8) is 0 Å². The van der Waals surface area contributed by atoms with Gasteiger partial charge < -0.3 is 4.90 Å². The lowest BCUT2D eigenvalue weighted by Crippen LogP contribution is -2.39. The van der Waals surface area contributed by atoms with E-state index in [1.807, 2.05) is 37.8 Å². The van der Waals surface area contributed by atoms with Crippen LogP contribution in [-0.2, 0) is 11.3 Å². The summed E-state index contributed by atoms with van der Waals surface area (Å²) in [4.78, 5) is 14.2. The lowest BCUT2D eigenvalue weighted by Gasteiger charge is -2.29. The number of carbonyl (C=O) groups is 1. The van der Waals surface area contributed by atoms with Gasteiger partial charge in [-0.15, -0.1) is 0 Å². The maximum absolute atomic E-state index is 12.4. The standard InChI is InChI=1S/C16H22N2O/c1-5-10-18(15(19)16(2,3)4)12-14-8-6-13(11-17)7-9-14/h6-9H,5,10,12H2,1-4H3. The summed E-state index contributed by atoms with van der Waals surface area (Å²) < 4.78 is 0. The molecule has 3 heteroatoms. The van der Waals surface area contributed by atoms with Crippen molar-refractivity contribution in [1.82, 2.24) is 4.90 Å². The molecule has 0 saturated carbocycles. The molecule has 0 fully saturated rings. The summed E-state index contributed by atoms with van der Waals surface area (Å²) in [6.45, 7) is 9.26. The fourth-order valence-electron chi connectivity index (χ4n) is 1.90. The molecule has 1 amide bonds. The van der Waals surface area contributed by atoms with E-state index in [2.05, 4.69) is 13.0 Å². The quantitative estimate of drug-likeness (QED) is 0.831. The van der Waals surface area contributed by atoms with E-state index in [-0.39, 0.29) is 11.3 Å². The van der Waals surface area contributed by atoms with Crippen molar-refractivity contribution in [3.05, 3.63) is 35.4 Å². The number of hydrogen-bond acceptors (Lipinski definition) is 2. The Morgan fingerprint density at radius 2 is 1.84 bits per heavy atom. The molecule has 0 saturated heterocycles. The van der Waals surface area contributed by atoms with Crippen molar-refractivity contribution in [2.75, 3.05) is 6.54 Å². The molecule has 1 aromatic carbocycles. The largest absolute Gasteiger partial charge is 0.338 e. The van der Waals surface area contributed by atoms with Gasteiger partial charge in [0.05, 0.1) is 11.6 Å². The molecule has 0 aliphatic heterocycles. The van der Waals surface area contributed by atoms with Gasteiger partial charge in [-0.3, -0.25) is 4.79 Å². The number of carbonyl (C=O) groups excluding carboxylic acids is 1. The Balaban J connectivity index is 2.83. The van der Waals surface area contributed by atoms with E-state index < -0.39 is 0 Å². The van der Waals surface area contributed by atoms with Gasteiger partial charge in [-0.2, -0.15) is 5.26 Å². The molecule has 1 rings (SSSR count). The molecule has 102 valence electrons. The minimum absolute atomic E-state index is 0.165. The Morgan fingerprint density at radius 3 is 2.26 bits per heavy atom. The topological polar surface area (TPSA) is 44.1 Å². The van der Waals surface area contributed by atoms with Crippen LogP contribution in [0, 0.1) is 16.7 Å². The van der Waals surface area contributed by atoms with Crippen LogP contribution in [0.15, 0.2) is 24.3 Å². The van der Waals surface area contributed by atoms with E-state index in [0.29, 0.717) is 12.1 Å². The van der Waals surface area contributed by atoms with Crippen molar-refractivity contribution >= 4 is 5.91 Å². The number of benzene rings is 1. The predicted octanol–water partition coefficient (Wildman–Crippen LogP) is 3.34. The first-order valence-electron chi connectivity index (χ1n) is 6.67. The summed E-state index contributed by atoms with van der Waals surface area (Å²) in [6.07, 6.45) is 0.943. The van der Waals surface area contributed by atoms with Gasteiger partial charge in [-0.25, -0.2) is 0 Å². The first-order valence-corrected chi connectivity index (χ1v) is 6.67. The lowest BCUT2D eigenvalue weighted by atomic mass is 9.94. The number of nitriles is 1. The molecule has 3 nitrogen and oxygen atoms in total. The summed E-state index contributed by atoms with van der Waals surface area (Å²) >= 11 is 0. The average molecular weight is 258 g/mol. The van der Waals surface area contributed by atoms with Crippen LogP contribution in [-0.4, -0.2) is 17.4 Å². The minimum atomic E-state index is -0.359. The molecule has 19 heavy (non-hydrogen) atoms. The molecular formula is C16H22N2O. The van der Waals surface area contributed by atoms with Crippen molar-refractivity contribution in [2.45, 2.75) is 40.7 Å². The Bertz CT molecular complexity index is 463. The van der Waals surface area contributed by atoms with Gasteiger partial charge in [0.2, 0.25) is 5.91 Å². The van der Waals surface area contributed by atoms with E-state index in [1.165, 1.54) is 0 Å². The van der Waals surface area contributed by atoms with Crippen LogP contribution in [0.1, 0.15) is 45.2 Å². The van der Waals surface area contributed by atoms with Gasteiger partial charge in [0, 0.05) is 18.5 Å². The maximum atomic E-state index is 12.4. The van der Waals surface area contributed by atoms with Gasteiger partial charge in [0.25, 0.3) is 0 Å². The number of rotatable bonds is 4. The summed E-state index contributed by atoms with van der Waals surface area (Å²) in [5.74, 6) is 0.165. The first-order chi connectivity index (χ1) is 8.88. The van der Waals surface area contributed by atoms with E-state index in [4.69, 9.17) is 5.26 Å². The fourth-order valence-corrected chi connectivity index (χ4v) is 1.90. The van der Waals surface area contributed by atoms with Crippen LogP contribution >= 0.6 is 0 Å². The van der Waals surface area contributed by atoms with Gasteiger partial charge in [-0.05, 0) is 24.1 Å². The molecule has 0 atom stereocenters. The first kappa shape index (κ1) is 15.2. The zero-order valence-electron chi connectivity index (χ0n) is 12.2. The Hall–Kier alpha value is -1.82. The number of nitrogens with zero attached hydrogens (tertiary/aromatic N) is 2. The van der Waals surface area contributed by atoms with Crippen molar-refractivity contribution in [1.29, 1.82) is 5.26 Å². The number of hydrogen-bond donors (Lipinski definition) is 0. The summed E-state index contributed by atoms with van der Waals surface area (Å²) in [6, 6.07) is 9.51. The Labute approximate surface area is 115 Å². The van der Waals surface area contributed by atoms with Gasteiger partial charge in [0.1, 0.15) is 0 Å².